The van der Waals surface area contributed by atoms with E-state index in [0.717, 1.165) is 16.7 Å². The first-order valence-corrected chi connectivity index (χ1v) is 5.81. The van der Waals surface area contributed by atoms with Crippen LogP contribution in [0.5, 0.6) is 0 Å². The summed E-state index contributed by atoms with van der Waals surface area (Å²) in [6.07, 6.45) is 0. The summed E-state index contributed by atoms with van der Waals surface area (Å²) >= 11 is 12.0. The first-order valence-electron chi connectivity index (χ1n) is 5.05. The number of benzene rings is 2. The van der Waals surface area contributed by atoms with Crippen LogP contribution < -0.4 is 5.73 Å². The van der Waals surface area contributed by atoms with Crippen LogP contribution in [0.3, 0.4) is 0 Å². The summed E-state index contributed by atoms with van der Waals surface area (Å²) in [6, 6.07) is 9.66. The zero-order chi connectivity index (χ0) is 12.4. The van der Waals surface area contributed by atoms with Gasteiger partial charge in [-0.1, -0.05) is 29.3 Å². The zero-order valence-corrected chi connectivity index (χ0v) is 10.4. The SMILES string of the molecule is NCc1ccc(Cl)cc1-c1ccc(F)cc1Cl. The standard InChI is InChI=1S/C13H10Cl2FN/c14-9-2-1-8(7-17)12(5-9)11-4-3-10(16)6-13(11)15/h1-6H,7,17H2. The van der Waals surface area contributed by atoms with E-state index in [9.17, 15) is 4.39 Å². The zero-order valence-electron chi connectivity index (χ0n) is 8.88. The largest absolute Gasteiger partial charge is 0.326 e. The van der Waals surface area contributed by atoms with Crippen LogP contribution >= 0.6 is 23.2 Å². The van der Waals surface area contributed by atoms with E-state index in [2.05, 4.69) is 0 Å². The molecule has 0 fully saturated rings. The molecule has 88 valence electrons. The van der Waals surface area contributed by atoms with E-state index in [-0.39, 0.29) is 5.82 Å². The highest BCUT2D eigenvalue weighted by atomic mass is 35.5. The number of hydrogen-bond donors (Lipinski definition) is 1. The maximum absolute atomic E-state index is 13.0. The first kappa shape index (κ1) is 12.4. The highest BCUT2D eigenvalue weighted by Crippen LogP contribution is 2.32. The van der Waals surface area contributed by atoms with Crippen molar-refractivity contribution in [1.82, 2.24) is 0 Å². The van der Waals surface area contributed by atoms with Crippen LogP contribution in [0.25, 0.3) is 11.1 Å². The van der Waals surface area contributed by atoms with Gasteiger partial charge >= 0.3 is 0 Å². The molecule has 0 aliphatic carbocycles. The molecule has 0 atom stereocenters. The monoisotopic (exact) mass is 269 g/mol. The highest BCUT2D eigenvalue weighted by molar-refractivity contribution is 6.34. The lowest BCUT2D eigenvalue weighted by molar-refractivity contribution is 0.628. The van der Waals surface area contributed by atoms with Crippen LogP contribution in [0, 0.1) is 5.82 Å². The molecule has 0 bridgehead atoms. The molecular weight excluding hydrogens is 260 g/mol. The molecule has 17 heavy (non-hydrogen) atoms. The maximum Gasteiger partial charge on any atom is 0.124 e. The van der Waals surface area contributed by atoms with Crippen LogP contribution in [0.1, 0.15) is 5.56 Å². The molecular formula is C13H10Cl2FN. The first-order chi connectivity index (χ1) is 8.11. The Kier molecular flexibility index (Phi) is 3.67. The fourth-order valence-electron chi connectivity index (χ4n) is 1.69. The van der Waals surface area contributed by atoms with Crippen LogP contribution in [0.4, 0.5) is 4.39 Å². The number of halogens is 3. The minimum atomic E-state index is -0.366. The Morgan fingerprint density at radius 1 is 1.00 bits per heavy atom. The molecule has 2 aromatic carbocycles. The summed E-state index contributed by atoms with van der Waals surface area (Å²) in [5.41, 5.74) is 8.15. The Morgan fingerprint density at radius 2 is 1.76 bits per heavy atom. The molecule has 2 N–H and O–H groups in total. The summed E-state index contributed by atoms with van der Waals surface area (Å²) in [5, 5.41) is 0.944. The summed E-state index contributed by atoms with van der Waals surface area (Å²) in [6.45, 7) is 0.375. The van der Waals surface area contributed by atoms with Crippen molar-refractivity contribution in [3.8, 4) is 11.1 Å². The molecule has 2 rings (SSSR count). The van der Waals surface area contributed by atoms with Gasteiger partial charge in [0.05, 0.1) is 5.02 Å². The van der Waals surface area contributed by atoms with Gasteiger partial charge in [-0.25, -0.2) is 4.39 Å². The molecule has 0 amide bonds. The van der Waals surface area contributed by atoms with Crippen molar-refractivity contribution in [2.45, 2.75) is 6.54 Å². The smallest absolute Gasteiger partial charge is 0.124 e. The molecule has 0 aromatic heterocycles. The summed E-state index contributed by atoms with van der Waals surface area (Å²) < 4.78 is 13.0. The predicted molar refractivity (Wildman–Crippen MR) is 69.7 cm³/mol. The molecule has 0 spiro atoms. The quantitative estimate of drug-likeness (QED) is 0.866. The summed E-state index contributed by atoms with van der Waals surface area (Å²) in [4.78, 5) is 0. The fraction of sp³-hybridized carbons (Fsp3) is 0.0769. The lowest BCUT2D eigenvalue weighted by Gasteiger charge is -2.10. The topological polar surface area (TPSA) is 26.0 Å². The second-order valence-corrected chi connectivity index (χ2v) is 4.47. The van der Waals surface area contributed by atoms with Gasteiger partial charge in [-0.3, -0.25) is 0 Å². The van der Waals surface area contributed by atoms with Gasteiger partial charge in [0.25, 0.3) is 0 Å². The predicted octanol–water partition coefficient (Wildman–Crippen LogP) is 4.26. The van der Waals surface area contributed by atoms with E-state index in [4.69, 9.17) is 28.9 Å². The molecule has 4 heteroatoms. The second-order valence-electron chi connectivity index (χ2n) is 3.63. The molecule has 1 nitrogen and oxygen atoms in total. The average Bonchev–Trinajstić information content (AvgIpc) is 2.29. The molecule has 0 radical (unpaired) electrons. The van der Waals surface area contributed by atoms with Crippen LogP contribution in [-0.2, 0) is 6.54 Å². The minimum absolute atomic E-state index is 0.349. The molecule has 0 heterocycles. The molecule has 0 aliphatic heterocycles. The van der Waals surface area contributed by atoms with Crippen molar-refractivity contribution in [3.63, 3.8) is 0 Å². The Bertz CT molecular complexity index is 555. The van der Waals surface area contributed by atoms with Crippen LogP contribution in [-0.4, -0.2) is 0 Å². The van der Waals surface area contributed by atoms with Crippen LogP contribution in [0.2, 0.25) is 10.0 Å². The van der Waals surface area contributed by atoms with Crippen molar-refractivity contribution in [3.05, 3.63) is 57.8 Å². The summed E-state index contributed by atoms with van der Waals surface area (Å²) in [5.74, 6) is -0.366. The molecule has 0 saturated heterocycles. The van der Waals surface area contributed by atoms with Crippen molar-refractivity contribution in [2.24, 2.45) is 5.73 Å². The van der Waals surface area contributed by atoms with Gasteiger partial charge in [-0.15, -0.1) is 0 Å². The van der Waals surface area contributed by atoms with Crippen molar-refractivity contribution in [1.29, 1.82) is 0 Å². The molecule has 2 aromatic rings. The van der Waals surface area contributed by atoms with E-state index in [1.807, 2.05) is 6.07 Å². The van der Waals surface area contributed by atoms with Gasteiger partial charge < -0.3 is 5.73 Å². The van der Waals surface area contributed by atoms with Gasteiger partial charge in [0, 0.05) is 17.1 Å². The van der Waals surface area contributed by atoms with E-state index < -0.39 is 0 Å². The van der Waals surface area contributed by atoms with Crippen LogP contribution in [0.15, 0.2) is 36.4 Å². The molecule has 0 aliphatic rings. The lowest BCUT2D eigenvalue weighted by atomic mass is 9.99. The van der Waals surface area contributed by atoms with Crippen molar-refractivity contribution < 1.29 is 4.39 Å². The molecule has 0 saturated carbocycles. The third-order valence-corrected chi connectivity index (χ3v) is 3.06. The molecule has 0 unspecified atom stereocenters. The average molecular weight is 270 g/mol. The highest BCUT2D eigenvalue weighted by Gasteiger charge is 2.09. The van der Waals surface area contributed by atoms with Gasteiger partial charge in [0.1, 0.15) is 5.82 Å². The minimum Gasteiger partial charge on any atom is -0.326 e. The number of hydrogen-bond acceptors (Lipinski definition) is 1. The summed E-state index contributed by atoms with van der Waals surface area (Å²) in [7, 11) is 0. The normalized spacial score (nSPS) is 10.6. The van der Waals surface area contributed by atoms with E-state index in [1.54, 1.807) is 18.2 Å². The third kappa shape index (κ3) is 2.60. The number of nitrogens with two attached hydrogens (primary N) is 1. The van der Waals surface area contributed by atoms with Crippen molar-refractivity contribution >= 4 is 23.2 Å². The Labute approximate surface area is 109 Å². The van der Waals surface area contributed by atoms with Gasteiger partial charge in [-0.05, 0) is 41.5 Å². The van der Waals surface area contributed by atoms with Gasteiger partial charge in [-0.2, -0.15) is 0 Å². The Morgan fingerprint density at radius 3 is 2.41 bits per heavy atom. The lowest BCUT2D eigenvalue weighted by Crippen LogP contribution is -1.99. The second kappa shape index (κ2) is 5.05. The van der Waals surface area contributed by atoms with Crippen molar-refractivity contribution in [2.75, 3.05) is 0 Å². The Hall–Kier alpha value is -1.09. The fourth-order valence-corrected chi connectivity index (χ4v) is 2.13. The Balaban J connectivity index is 2.62. The third-order valence-electron chi connectivity index (χ3n) is 2.51. The van der Waals surface area contributed by atoms with E-state index in [1.165, 1.54) is 12.1 Å². The maximum atomic E-state index is 13.0. The van der Waals surface area contributed by atoms with E-state index in [0.29, 0.717) is 16.6 Å². The number of rotatable bonds is 2. The van der Waals surface area contributed by atoms with Gasteiger partial charge in [0.2, 0.25) is 0 Å². The van der Waals surface area contributed by atoms with E-state index >= 15 is 0 Å². The van der Waals surface area contributed by atoms with Gasteiger partial charge in [0.15, 0.2) is 0 Å².